The van der Waals surface area contributed by atoms with Crippen LogP contribution in [0.2, 0.25) is 0 Å². The zero-order valence-corrected chi connectivity index (χ0v) is 10.0. The minimum absolute atomic E-state index is 1.02. The van der Waals surface area contributed by atoms with Crippen LogP contribution >= 0.6 is 0 Å². The third-order valence-corrected chi connectivity index (χ3v) is 3.41. The van der Waals surface area contributed by atoms with Crippen molar-refractivity contribution in [1.82, 2.24) is 5.32 Å². The molecular weight excluding hydrogens is 170 g/mol. The lowest BCUT2D eigenvalue weighted by molar-refractivity contribution is 0.198. The van der Waals surface area contributed by atoms with Gasteiger partial charge in [-0.3, -0.25) is 0 Å². The zero-order chi connectivity index (χ0) is 10.2. The minimum atomic E-state index is 1.02. The first-order valence-electron chi connectivity index (χ1n) is 6.53. The van der Waals surface area contributed by atoms with Crippen molar-refractivity contribution < 1.29 is 0 Å². The van der Waals surface area contributed by atoms with Crippen LogP contribution in [0.4, 0.5) is 0 Å². The molecule has 0 heterocycles. The minimum Gasteiger partial charge on any atom is -0.317 e. The van der Waals surface area contributed by atoms with Crippen LogP contribution in [0.15, 0.2) is 0 Å². The molecule has 1 nitrogen and oxygen atoms in total. The number of hydrogen-bond acceptors (Lipinski definition) is 1. The normalized spacial score (nSPS) is 26.1. The molecular formula is C13H27N. The van der Waals surface area contributed by atoms with Gasteiger partial charge >= 0.3 is 0 Å². The second-order valence-corrected chi connectivity index (χ2v) is 5.04. The highest BCUT2D eigenvalue weighted by atomic mass is 14.8. The Morgan fingerprint density at radius 1 is 1.07 bits per heavy atom. The van der Waals surface area contributed by atoms with Crippen LogP contribution in [-0.2, 0) is 0 Å². The molecule has 1 rings (SSSR count). The first-order valence-corrected chi connectivity index (χ1v) is 6.53. The topological polar surface area (TPSA) is 12.0 Å². The average Bonchev–Trinajstić information content (AvgIpc) is 2.13. The Hall–Kier alpha value is -0.0400. The van der Waals surface area contributed by atoms with Crippen molar-refractivity contribution in [3.05, 3.63) is 0 Å². The zero-order valence-electron chi connectivity index (χ0n) is 10.0. The molecule has 1 fully saturated rings. The summed E-state index contributed by atoms with van der Waals surface area (Å²) < 4.78 is 0. The Bertz CT molecular complexity index is 127. The molecule has 14 heavy (non-hydrogen) atoms. The van der Waals surface area contributed by atoms with Crippen molar-refractivity contribution >= 4 is 0 Å². The predicted octanol–water partition coefficient (Wildman–Crippen LogP) is 3.59. The van der Waals surface area contributed by atoms with Gasteiger partial charge in [0, 0.05) is 0 Å². The lowest BCUT2D eigenvalue weighted by Gasteiger charge is -2.32. The standard InChI is InChI=1S/C13H27N/c1-3-4-5-6-8-14-9-7-13-10-12(2)11-13/h12-14H,3-11H2,1-2H3. The Balaban J connectivity index is 1.72. The average molecular weight is 197 g/mol. The summed E-state index contributed by atoms with van der Waals surface area (Å²) >= 11 is 0. The smallest absolute Gasteiger partial charge is 0.00463 e. The maximum absolute atomic E-state index is 3.56. The van der Waals surface area contributed by atoms with E-state index in [0.29, 0.717) is 0 Å². The highest BCUT2D eigenvalue weighted by Crippen LogP contribution is 2.34. The predicted molar refractivity (Wildman–Crippen MR) is 63.5 cm³/mol. The van der Waals surface area contributed by atoms with Gasteiger partial charge in [0.1, 0.15) is 0 Å². The molecule has 1 heteroatoms. The van der Waals surface area contributed by atoms with Gasteiger partial charge in [-0.05, 0) is 50.6 Å². The van der Waals surface area contributed by atoms with Crippen LogP contribution in [-0.4, -0.2) is 13.1 Å². The molecule has 0 aromatic carbocycles. The molecule has 0 aliphatic heterocycles. The van der Waals surface area contributed by atoms with Gasteiger partial charge in [0.15, 0.2) is 0 Å². The van der Waals surface area contributed by atoms with Gasteiger partial charge in [-0.2, -0.15) is 0 Å². The summed E-state index contributed by atoms with van der Waals surface area (Å²) in [4.78, 5) is 0. The summed E-state index contributed by atoms with van der Waals surface area (Å²) in [5.41, 5.74) is 0. The van der Waals surface area contributed by atoms with Crippen molar-refractivity contribution in [3.8, 4) is 0 Å². The van der Waals surface area contributed by atoms with Crippen LogP contribution in [0.3, 0.4) is 0 Å². The van der Waals surface area contributed by atoms with E-state index in [1.165, 1.54) is 58.0 Å². The maximum Gasteiger partial charge on any atom is -0.00463 e. The monoisotopic (exact) mass is 197 g/mol. The van der Waals surface area contributed by atoms with Crippen LogP contribution in [0.5, 0.6) is 0 Å². The summed E-state index contributed by atoms with van der Waals surface area (Å²) in [6, 6.07) is 0. The van der Waals surface area contributed by atoms with Crippen LogP contribution < -0.4 is 5.32 Å². The van der Waals surface area contributed by atoms with Gasteiger partial charge in [0.05, 0.1) is 0 Å². The van der Waals surface area contributed by atoms with Crippen LogP contribution in [0, 0.1) is 11.8 Å². The first kappa shape index (κ1) is 12.0. The quantitative estimate of drug-likeness (QED) is 0.586. The third kappa shape index (κ3) is 4.99. The van der Waals surface area contributed by atoms with Crippen LogP contribution in [0.25, 0.3) is 0 Å². The molecule has 1 N–H and O–H groups in total. The number of unbranched alkanes of at least 4 members (excludes halogenated alkanes) is 3. The largest absolute Gasteiger partial charge is 0.317 e. The van der Waals surface area contributed by atoms with Crippen molar-refractivity contribution in [2.45, 2.75) is 58.8 Å². The highest BCUT2D eigenvalue weighted by molar-refractivity contribution is 4.76. The van der Waals surface area contributed by atoms with Crippen molar-refractivity contribution in [2.75, 3.05) is 13.1 Å². The van der Waals surface area contributed by atoms with E-state index in [2.05, 4.69) is 19.2 Å². The summed E-state index contributed by atoms with van der Waals surface area (Å²) in [6.07, 6.45) is 9.91. The van der Waals surface area contributed by atoms with Gasteiger partial charge in [-0.15, -0.1) is 0 Å². The molecule has 1 aliphatic rings. The molecule has 0 aromatic heterocycles. The van der Waals surface area contributed by atoms with Crippen molar-refractivity contribution in [3.63, 3.8) is 0 Å². The summed E-state index contributed by atoms with van der Waals surface area (Å²) in [7, 11) is 0. The Morgan fingerprint density at radius 3 is 2.50 bits per heavy atom. The number of rotatable bonds is 8. The van der Waals surface area contributed by atoms with Crippen molar-refractivity contribution in [1.29, 1.82) is 0 Å². The van der Waals surface area contributed by atoms with Gasteiger partial charge in [0.25, 0.3) is 0 Å². The van der Waals surface area contributed by atoms with E-state index in [9.17, 15) is 0 Å². The van der Waals surface area contributed by atoms with E-state index < -0.39 is 0 Å². The molecule has 0 aromatic rings. The van der Waals surface area contributed by atoms with Crippen molar-refractivity contribution in [2.24, 2.45) is 11.8 Å². The van der Waals surface area contributed by atoms with E-state index in [1.54, 1.807) is 0 Å². The fourth-order valence-corrected chi connectivity index (χ4v) is 2.41. The molecule has 0 unspecified atom stereocenters. The Labute approximate surface area is 89.7 Å². The summed E-state index contributed by atoms with van der Waals surface area (Å²) in [5, 5.41) is 3.56. The van der Waals surface area contributed by atoms with Gasteiger partial charge in [-0.1, -0.05) is 33.1 Å². The molecule has 0 spiro atoms. The summed E-state index contributed by atoms with van der Waals surface area (Å²) in [6.45, 7) is 7.13. The van der Waals surface area contributed by atoms with E-state index in [1.807, 2.05) is 0 Å². The summed E-state index contributed by atoms with van der Waals surface area (Å²) in [5.74, 6) is 2.07. The highest BCUT2D eigenvalue weighted by Gasteiger charge is 2.24. The molecule has 1 aliphatic carbocycles. The molecule has 0 bridgehead atoms. The Morgan fingerprint density at radius 2 is 1.86 bits per heavy atom. The van der Waals surface area contributed by atoms with Gasteiger partial charge in [0.2, 0.25) is 0 Å². The number of nitrogens with one attached hydrogen (secondary N) is 1. The Kier molecular flexibility index (Phi) is 6.25. The van der Waals surface area contributed by atoms with E-state index >= 15 is 0 Å². The molecule has 0 amide bonds. The van der Waals surface area contributed by atoms with Crippen LogP contribution in [0.1, 0.15) is 58.8 Å². The lowest BCUT2D eigenvalue weighted by Crippen LogP contribution is -2.26. The number of hydrogen-bond donors (Lipinski definition) is 1. The lowest BCUT2D eigenvalue weighted by atomic mass is 9.74. The van der Waals surface area contributed by atoms with E-state index in [0.717, 1.165) is 11.8 Å². The van der Waals surface area contributed by atoms with E-state index in [4.69, 9.17) is 0 Å². The maximum atomic E-state index is 3.56. The third-order valence-electron chi connectivity index (χ3n) is 3.41. The fraction of sp³-hybridized carbons (Fsp3) is 1.00. The SMILES string of the molecule is CCCCCCNCCC1CC(C)C1. The van der Waals surface area contributed by atoms with Gasteiger partial charge in [-0.25, -0.2) is 0 Å². The molecule has 1 saturated carbocycles. The first-order chi connectivity index (χ1) is 6.83. The molecule has 0 saturated heterocycles. The van der Waals surface area contributed by atoms with E-state index in [-0.39, 0.29) is 0 Å². The fourth-order valence-electron chi connectivity index (χ4n) is 2.41. The molecule has 0 radical (unpaired) electrons. The van der Waals surface area contributed by atoms with Gasteiger partial charge < -0.3 is 5.32 Å². The second kappa shape index (κ2) is 7.28. The molecule has 0 atom stereocenters. The second-order valence-electron chi connectivity index (χ2n) is 5.04. The molecule has 84 valence electrons.